The van der Waals surface area contributed by atoms with Crippen LogP contribution in [-0.2, 0) is 19.1 Å². The molecule has 5 nitrogen and oxygen atoms in total. The van der Waals surface area contributed by atoms with E-state index in [1.54, 1.807) is 6.92 Å². The summed E-state index contributed by atoms with van der Waals surface area (Å²) in [6, 6.07) is 19.0. The molecule has 5 heteroatoms. The van der Waals surface area contributed by atoms with E-state index >= 15 is 0 Å². The fourth-order valence-electron chi connectivity index (χ4n) is 3.45. The van der Waals surface area contributed by atoms with E-state index in [2.05, 4.69) is 5.32 Å². The van der Waals surface area contributed by atoms with Crippen LogP contribution in [0, 0.1) is 0 Å². The SMILES string of the molecule is CCOC(=O)C1=C(c2ccccc2)NC(C)=C(C(=O)OC)C1c1ccccc1. The minimum absolute atomic E-state index is 0.238. The number of ether oxygens (including phenoxy) is 2. The molecule has 0 aliphatic carbocycles. The van der Waals surface area contributed by atoms with Crippen molar-refractivity contribution < 1.29 is 19.1 Å². The summed E-state index contributed by atoms with van der Waals surface area (Å²) in [4.78, 5) is 25.7. The number of esters is 2. The van der Waals surface area contributed by atoms with Crippen LogP contribution in [0.15, 0.2) is 77.5 Å². The Morgan fingerprint density at radius 1 is 0.929 bits per heavy atom. The highest BCUT2D eigenvalue weighted by Crippen LogP contribution is 2.41. The third-order valence-corrected chi connectivity index (χ3v) is 4.66. The highest BCUT2D eigenvalue weighted by atomic mass is 16.5. The number of hydrogen-bond acceptors (Lipinski definition) is 5. The zero-order valence-electron chi connectivity index (χ0n) is 16.2. The van der Waals surface area contributed by atoms with E-state index in [0.29, 0.717) is 22.5 Å². The van der Waals surface area contributed by atoms with Gasteiger partial charge in [0.25, 0.3) is 0 Å². The van der Waals surface area contributed by atoms with Crippen molar-refractivity contribution in [1.82, 2.24) is 5.32 Å². The summed E-state index contributed by atoms with van der Waals surface area (Å²) in [5.74, 6) is -1.53. The number of allylic oxidation sites excluding steroid dienone is 1. The van der Waals surface area contributed by atoms with Crippen LogP contribution in [0.25, 0.3) is 5.70 Å². The second kappa shape index (κ2) is 8.57. The molecule has 144 valence electrons. The third-order valence-electron chi connectivity index (χ3n) is 4.66. The number of dihydropyridines is 1. The van der Waals surface area contributed by atoms with E-state index in [4.69, 9.17) is 9.47 Å². The Bertz CT molecular complexity index is 930. The zero-order valence-corrected chi connectivity index (χ0v) is 16.2. The Labute approximate surface area is 164 Å². The second-order valence-corrected chi connectivity index (χ2v) is 6.37. The van der Waals surface area contributed by atoms with Gasteiger partial charge in [-0.15, -0.1) is 0 Å². The van der Waals surface area contributed by atoms with Crippen LogP contribution < -0.4 is 5.32 Å². The summed E-state index contributed by atoms with van der Waals surface area (Å²) in [5, 5.41) is 3.24. The van der Waals surface area contributed by atoms with Gasteiger partial charge in [0.15, 0.2) is 0 Å². The average molecular weight is 377 g/mol. The van der Waals surface area contributed by atoms with Gasteiger partial charge in [-0.25, -0.2) is 9.59 Å². The predicted molar refractivity (Wildman–Crippen MR) is 107 cm³/mol. The van der Waals surface area contributed by atoms with Crippen LogP contribution in [0.3, 0.4) is 0 Å². The Kier molecular flexibility index (Phi) is 5.94. The lowest BCUT2D eigenvalue weighted by Gasteiger charge is -2.31. The monoisotopic (exact) mass is 377 g/mol. The lowest BCUT2D eigenvalue weighted by Crippen LogP contribution is -2.32. The van der Waals surface area contributed by atoms with E-state index < -0.39 is 17.9 Å². The normalized spacial score (nSPS) is 16.5. The third kappa shape index (κ3) is 3.69. The molecule has 1 heterocycles. The standard InChI is InChI=1S/C23H23NO4/c1-4-28-23(26)20-19(16-11-7-5-8-12-16)18(22(25)27-3)15(2)24-21(20)17-13-9-6-10-14-17/h5-14,19,24H,4H2,1-3H3. The van der Waals surface area contributed by atoms with E-state index in [9.17, 15) is 9.59 Å². The molecule has 0 fully saturated rings. The molecule has 0 saturated carbocycles. The average Bonchev–Trinajstić information content (AvgIpc) is 2.73. The molecule has 0 aromatic heterocycles. The Morgan fingerprint density at radius 2 is 1.54 bits per heavy atom. The molecule has 1 aliphatic rings. The van der Waals surface area contributed by atoms with Crippen molar-refractivity contribution in [1.29, 1.82) is 0 Å². The Morgan fingerprint density at radius 3 is 2.11 bits per heavy atom. The second-order valence-electron chi connectivity index (χ2n) is 6.37. The first-order valence-electron chi connectivity index (χ1n) is 9.16. The number of benzene rings is 2. The van der Waals surface area contributed by atoms with Crippen molar-refractivity contribution in [2.75, 3.05) is 13.7 Å². The number of carbonyl (C=O) groups excluding carboxylic acids is 2. The van der Waals surface area contributed by atoms with Crippen molar-refractivity contribution in [3.05, 3.63) is 88.6 Å². The molecular formula is C23H23NO4. The van der Waals surface area contributed by atoms with Crippen molar-refractivity contribution >= 4 is 17.6 Å². The van der Waals surface area contributed by atoms with Gasteiger partial charge in [0.1, 0.15) is 0 Å². The quantitative estimate of drug-likeness (QED) is 0.803. The molecule has 0 saturated heterocycles. The molecule has 28 heavy (non-hydrogen) atoms. The maximum atomic E-state index is 13.0. The van der Waals surface area contributed by atoms with Gasteiger partial charge in [0.2, 0.25) is 0 Å². The van der Waals surface area contributed by atoms with Crippen molar-refractivity contribution in [2.24, 2.45) is 0 Å². The summed E-state index contributed by atoms with van der Waals surface area (Å²) < 4.78 is 10.4. The molecule has 0 radical (unpaired) electrons. The number of methoxy groups -OCH3 is 1. The number of rotatable bonds is 5. The maximum absolute atomic E-state index is 13.0. The first-order chi connectivity index (χ1) is 13.6. The highest BCUT2D eigenvalue weighted by molar-refractivity contribution is 6.05. The van der Waals surface area contributed by atoms with Gasteiger partial charge in [0.05, 0.1) is 36.5 Å². The van der Waals surface area contributed by atoms with Crippen LogP contribution in [0.2, 0.25) is 0 Å². The molecule has 1 atom stereocenters. The molecule has 1 N–H and O–H groups in total. The van der Waals surface area contributed by atoms with Crippen LogP contribution in [0.1, 0.15) is 30.9 Å². The molecule has 3 rings (SSSR count). The number of hydrogen-bond donors (Lipinski definition) is 1. The summed E-state index contributed by atoms with van der Waals surface area (Å²) >= 11 is 0. The van der Waals surface area contributed by atoms with E-state index in [-0.39, 0.29) is 6.61 Å². The lowest BCUT2D eigenvalue weighted by molar-refractivity contribution is -0.138. The minimum atomic E-state index is -0.593. The summed E-state index contributed by atoms with van der Waals surface area (Å²) in [7, 11) is 1.34. The topological polar surface area (TPSA) is 64.6 Å². The summed E-state index contributed by atoms with van der Waals surface area (Å²) in [6.45, 7) is 3.81. The molecular weight excluding hydrogens is 354 g/mol. The molecule has 0 amide bonds. The minimum Gasteiger partial charge on any atom is -0.466 e. The van der Waals surface area contributed by atoms with Crippen molar-refractivity contribution in [3.63, 3.8) is 0 Å². The smallest absolute Gasteiger partial charge is 0.337 e. The molecule has 0 bridgehead atoms. The first-order valence-corrected chi connectivity index (χ1v) is 9.16. The molecule has 2 aromatic rings. The lowest BCUT2D eigenvalue weighted by atomic mass is 9.79. The highest BCUT2D eigenvalue weighted by Gasteiger charge is 2.39. The van der Waals surface area contributed by atoms with Crippen LogP contribution >= 0.6 is 0 Å². The molecule has 2 aromatic carbocycles. The van der Waals surface area contributed by atoms with E-state index in [1.807, 2.05) is 67.6 Å². The van der Waals surface area contributed by atoms with Gasteiger partial charge in [-0.3, -0.25) is 0 Å². The Balaban J connectivity index is 2.29. The van der Waals surface area contributed by atoms with Gasteiger partial charge < -0.3 is 14.8 Å². The molecule has 1 aliphatic heterocycles. The zero-order chi connectivity index (χ0) is 20.1. The number of carbonyl (C=O) groups is 2. The summed E-state index contributed by atoms with van der Waals surface area (Å²) in [5.41, 5.74) is 3.74. The molecule has 1 unspecified atom stereocenters. The van der Waals surface area contributed by atoms with Gasteiger partial charge in [-0.2, -0.15) is 0 Å². The van der Waals surface area contributed by atoms with Crippen LogP contribution in [0.5, 0.6) is 0 Å². The van der Waals surface area contributed by atoms with Crippen LogP contribution in [0.4, 0.5) is 0 Å². The van der Waals surface area contributed by atoms with Gasteiger partial charge in [-0.05, 0) is 25.0 Å². The van der Waals surface area contributed by atoms with Crippen molar-refractivity contribution in [3.8, 4) is 0 Å². The predicted octanol–water partition coefficient (Wildman–Crippen LogP) is 3.79. The van der Waals surface area contributed by atoms with E-state index in [0.717, 1.165) is 11.1 Å². The number of nitrogens with one attached hydrogen (secondary N) is 1. The fraction of sp³-hybridized carbons (Fsp3) is 0.217. The molecule has 0 spiro atoms. The van der Waals surface area contributed by atoms with Crippen molar-refractivity contribution in [2.45, 2.75) is 19.8 Å². The van der Waals surface area contributed by atoms with Gasteiger partial charge in [-0.1, -0.05) is 60.7 Å². The first kappa shape index (κ1) is 19.4. The van der Waals surface area contributed by atoms with Crippen LogP contribution in [-0.4, -0.2) is 25.7 Å². The Hall–Kier alpha value is -3.34. The van der Waals surface area contributed by atoms with Gasteiger partial charge >= 0.3 is 11.9 Å². The summed E-state index contributed by atoms with van der Waals surface area (Å²) in [6.07, 6.45) is 0. The van der Waals surface area contributed by atoms with Gasteiger partial charge in [0, 0.05) is 5.70 Å². The maximum Gasteiger partial charge on any atom is 0.337 e. The fourth-order valence-corrected chi connectivity index (χ4v) is 3.45. The largest absolute Gasteiger partial charge is 0.466 e. The van der Waals surface area contributed by atoms with E-state index in [1.165, 1.54) is 7.11 Å².